The fourth-order valence-corrected chi connectivity index (χ4v) is 6.91. The van der Waals surface area contributed by atoms with Crippen molar-refractivity contribution in [1.82, 2.24) is 0 Å². The molecular weight excluding hydrogens is 395 g/mol. The molecule has 0 aromatic heterocycles. The molecule has 0 N–H and O–H groups in total. The van der Waals surface area contributed by atoms with Crippen LogP contribution in [0.25, 0.3) is 0 Å². The zero-order valence-corrected chi connectivity index (χ0v) is 18.9. The van der Waals surface area contributed by atoms with Crippen LogP contribution in [0.3, 0.4) is 0 Å². The second-order valence-corrected chi connectivity index (χ2v) is 10.8. The lowest BCUT2D eigenvalue weighted by Crippen LogP contribution is -2.46. The molecule has 6 aliphatic rings. The van der Waals surface area contributed by atoms with E-state index in [4.69, 9.17) is 28.3 Å². The van der Waals surface area contributed by atoms with Gasteiger partial charge in [0.05, 0.1) is 25.4 Å². The maximum Gasteiger partial charge on any atom is 0.460 e. The lowest BCUT2D eigenvalue weighted by molar-refractivity contribution is -0.206. The van der Waals surface area contributed by atoms with Crippen LogP contribution < -0.4 is 0 Å². The van der Waals surface area contributed by atoms with Gasteiger partial charge in [-0.2, -0.15) is 0 Å². The molecule has 0 bridgehead atoms. The molecule has 4 atom stereocenters. The highest BCUT2D eigenvalue weighted by Gasteiger charge is 2.57. The Kier molecular flexibility index (Phi) is 6.12. The molecule has 0 amide bonds. The van der Waals surface area contributed by atoms with E-state index in [1.165, 1.54) is 70.6 Å². The maximum atomic E-state index is 6.66. The van der Waals surface area contributed by atoms with E-state index in [1.54, 1.807) is 0 Å². The van der Waals surface area contributed by atoms with Gasteiger partial charge in [0.1, 0.15) is 12.2 Å². The van der Waals surface area contributed by atoms with Crippen LogP contribution in [0.2, 0.25) is 5.82 Å². The Morgan fingerprint density at radius 1 is 0.548 bits per heavy atom. The first kappa shape index (κ1) is 21.4. The first-order chi connectivity index (χ1) is 15.2. The number of hydrogen-bond donors (Lipinski definition) is 0. The van der Waals surface area contributed by atoms with Crippen LogP contribution in [0.15, 0.2) is 0 Å². The Bertz CT molecular complexity index is 569. The summed E-state index contributed by atoms with van der Waals surface area (Å²) >= 11 is 0. The van der Waals surface area contributed by atoms with Gasteiger partial charge in [-0.1, -0.05) is 44.9 Å². The number of rotatable bonds is 3. The summed E-state index contributed by atoms with van der Waals surface area (Å²) in [5.41, 5.74) is 0. The monoisotopic (exact) mass is 434 g/mol. The molecule has 0 radical (unpaired) electrons. The molecule has 7 heteroatoms. The van der Waals surface area contributed by atoms with Crippen LogP contribution in [0.4, 0.5) is 0 Å². The van der Waals surface area contributed by atoms with E-state index in [0.29, 0.717) is 19.0 Å². The molecule has 0 aromatic rings. The molecule has 174 valence electrons. The molecule has 3 saturated carbocycles. The topological polar surface area (TPSA) is 55.4 Å². The van der Waals surface area contributed by atoms with Gasteiger partial charge in [0.25, 0.3) is 0 Å². The second kappa shape index (κ2) is 8.88. The number of hydrogen-bond acceptors (Lipinski definition) is 6. The average Bonchev–Trinajstić information content (AvgIpc) is 3.53. The van der Waals surface area contributed by atoms with Crippen molar-refractivity contribution >= 4 is 7.12 Å². The molecule has 3 aliphatic heterocycles. The van der Waals surface area contributed by atoms with Gasteiger partial charge in [-0.25, -0.2) is 0 Å². The quantitative estimate of drug-likeness (QED) is 0.598. The fraction of sp³-hybridized carbons (Fsp3) is 1.00. The normalized spacial score (nSPS) is 40.8. The highest BCUT2D eigenvalue weighted by Crippen LogP contribution is 2.46. The molecule has 6 nitrogen and oxygen atoms in total. The zero-order valence-electron chi connectivity index (χ0n) is 18.9. The maximum absolute atomic E-state index is 6.66. The van der Waals surface area contributed by atoms with Crippen molar-refractivity contribution in [2.45, 2.75) is 138 Å². The Morgan fingerprint density at radius 2 is 1.00 bits per heavy atom. The summed E-state index contributed by atoms with van der Waals surface area (Å²) < 4.78 is 39.1. The van der Waals surface area contributed by atoms with E-state index < -0.39 is 11.6 Å². The van der Waals surface area contributed by atoms with Crippen LogP contribution in [-0.4, -0.2) is 56.3 Å². The molecule has 2 spiro atoms. The van der Waals surface area contributed by atoms with E-state index in [-0.39, 0.29) is 31.5 Å². The minimum absolute atomic E-state index is 0.0804. The Balaban J connectivity index is 1.18. The lowest BCUT2D eigenvalue weighted by atomic mass is 9.64. The summed E-state index contributed by atoms with van der Waals surface area (Å²) in [5, 5.41) is 0. The Labute approximate surface area is 187 Å². The van der Waals surface area contributed by atoms with Crippen LogP contribution in [0.1, 0.15) is 96.3 Å². The summed E-state index contributed by atoms with van der Waals surface area (Å²) in [5.74, 6) is -0.299. The molecule has 6 fully saturated rings. The minimum Gasteiger partial charge on any atom is -0.403 e. The molecule has 3 heterocycles. The van der Waals surface area contributed by atoms with Crippen molar-refractivity contribution in [3.05, 3.63) is 0 Å². The molecule has 2 unspecified atom stereocenters. The number of ether oxygens (including phenoxy) is 4. The molecular formula is C24H39BO6. The van der Waals surface area contributed by atoms with Crippen LogP contribution in [0.5, 0.6) is 0 Å². The van der Waals surface area contributed by atoms with Gasteiger partial charge in [-0.05, 0) is 31.5 Å². The van der Waals surface area contributed by atoms with E-state index in [2.05, 4.69) is 0 Å². The Morgan fingerprint density at radius 3 is 1.48 bits per heavy atom. The highest BCUT2D eigenvalue weighted by atomic mass is 16.8. The summed E-state index contributed by atoms with van der Waals surface area (Å²) in [6.07, 6.45) is 17.2. The standard InChI is InChI=1S/C24H39BO6/c1-4-10-18(11-5-1)25-30-21(19-16-26-23(28-19)12-6-2-7-13-23)22(31-25)20-17-27-24(29-20)14-8-3-9-15-24/h18-22H,1-17H2/t19?,20?,21-,22-/m1/s1. The van der Waals surface area contributed by atoms with Crippen molar-refractivity contribution in [2.75, 3.05) is 13.2 Å². The van der Waals surface area contributed by atoms with Crippen molar-refractivity contribution < 1.29 is 28.3 Å². The van der Waals surface area contributed by atoms with E-state index >= 15 is 0 Å². The SMILES string of the molecule is C1CCC(B2O[C@H](C3COC4(CCCCC4)O3)[C@@H](C3COC4(CCCCC4)O3)O2)CC1. The van der Waals surface area contributed by atoms with Crippen molar-refractivity contribution in [3.8, 4) is 0 Å². The minimum atomic E-state index is -0.391. The van der Waals surface area contributed by atoms with Gasteiger partial charge in [-0.3, -0.25) is 0 Å². The predicted molar refractivity (Wildman–Crippen MR) is 116 cm³/mol. The van der Waals surface area contributed by atoms with Gasteiger partial charge in [0, 0.05) is 25.7 Å². The van der Waals surface area contributed by atoms with Crippen molar-refractivity contribution in [3.63, 3.8) is 0 Å². The van der Waals surface area contributed by atoms with E-state index in [1.807, 2.05) is 0 Å². The summed E-state index contributed by atoms with van der Waals surface area (Å²) in [6, 6.07) is 0. The fourth-order valence-electron chi connectivity index (χ4n) is 6.91. The average molecular weight is 434 g/mol. The second-order valence-electron chi connectivity index (χ2n) is 10.8. The third-order valence-corrected chi connectivity index (χ3v) is 8.66. The molecule has 6 rings (SSSR count). The van der Waals surface area contributed by atoms with Gasteiger partial charge >= 0.3 is 7.12 Å². The summed E-state index contributed by atoms with van der Waals surface area (Å²) in [6.45, 7) is 1.20. The van der Waals surface area contributed by atoms with Gasteiger partial charge in [0.2, 0.25) is 0 Å². The zero-order chi connectivity index (χ0) is 20.7. The lowest BCUT2D eigenvalue weighted by Gasteiger charge is -2.34. The third-order valence-electron chi connectivity index (χ3n) is 8.66. The largest absolute Gasteiger partial charge is 0.460 e. The molecule has 31 heavy (non-hydrogen) atoms. The van der Waals surface area contributed by atoms with E-state index in [9.17, 15) is 0 Å². The van der Waals surface area contributed by atoms with Crippen molar-refractivity contribution in [1.29, 1.82) is 0 Å². The predicted octanol–water partition coefficient (Wildman–Crippen LogP) is 4.74. The first-order valence-electron chi connectivity index (χ1n) is 13.2. The van der Waals surface area contributed by atoms with E-state index in [0.717, 1.165) is 25.7 Å². The van der Waals surface area contributed by atoms with Crippen LogP contribution in [0, 0.1) is 0 Å². The molecule has 0 aromatic carbocycles. The van der Waals surface area contributed by atoms with Gasteiger partial charge in [-0.15, -0.1) is 0 Å². The molecule has 3 saturated heterocycles. The van der Waals surface area contributed by atoms with Crippen molar-refractivity contribution in [2.24, 2.45) is 0 Å². The van der Waals surface area contributed by atoms with Gasteiger partial charge < -0.3 is 28.3 Å². The third kappa shape index (κ3) is 4.24. The Hall–Kier alpha value is -0.175. The summed E-state index contributed by atoms with van der Waals surface area (Å²) in [4.78, 5) is 0. The smallest absolute Gasteiger partial charge is 0.403 e. The van der Waals surface area contributed by atoms with Crippen LogP contribution in [-0.2, 0) is 28.3 Å². The van der Waals surface area contributed by atoms with Gasteiger partial charge in [0.15, 0.2) is 11.6 Å². The van der Waals surface area contributed by atoms with Crippen LogP contribution >= 0.6 is 0 Å². The highest BCUT2D eigenvalue weighted by molar-refractivity contribution is 6.47. The first-order valence-corrected chi connectivity index (χ1v) is 13.2. The molecule has 3 aliphatic carbocycles. The summed E-state index contributed by atoms with van der Waals surface area (Å²) in [7, 11) is -0.145.